The lowest BCUT2D eigenvalue weighted by atomic mass is 10.2. The lowest BCUT2D eigenvalue weighted by Crippen LogP contribution is -2.43. The average Bonchev–Trinajstić information content (AvgIpc) is 3.11. The molecule has 6 heteroatoms. The predicted octanol–water partition coefficient (Wildman–Crippen LogP) is 1.90. The zero-order valence-corrected chi connectivity index (χ0v) is 13.4. The summed E-state index contributed by atoms with van der Waals surface area (Å²) in [7, 11) is 0. The first-order chi connectivity index (χ1) is 11.6. The Kier molecular flexibility index (Phi) is 4.84. The van der Waals surface area contributed by atoms with Crippen LogP contribution >= 0.6 is 0 Å². The second-order valence-corrected chi connectivity index (χ2v) is 5.99. The molecule has 1 aliphatic rings. The zero-order valence-electron chi connectivity index (χ0n) is 13.4. The van der Waals surface area contributed by atoms with Crippen molar-refractivity contribution in [2.45, 2.75) is 31.7 Å². The van der Waals surface area contributed by atoms with Gasteiger partial charge in [-0.3, -0.25) is 14.6 Å². The van der Waals surface area contributed by atoms with Crippen LogP contribution in [-0.2, 0) is 9.59 Å². The van der Waals surface area contributed by atoms with E-state index in [-0.39, 0.29) is 18.5 Å². The van der Waals surface area contributed by atoms with Crippen molar-refractivity contribution in [1.82, 2.24) is 14.9 Å². The van der Waals surface area contributed by atoms with Gasteiger partial charge in [-0.15, -0.1) is 0 Å². The summed E-state index contributed by atoms with van der Waals surface area (Å²) in [6.07, 6.45) is 8.69. The van der Waals surface area contributed by atoms with Gasteiger partial charge in [0.25, 0.3) is 0 Å². The van der Waals surface area contributed by atoms with Crippen LogP contribution in [0.4, 0.5) is 0 Å². The van der Waals surface area contributed by atoms with Crippen LogP contribution in [0.3, 0.4) is 0 Å². The Bertz CT molecular complexity index is 781. The van der Waals surface area contributed by atoms with E-state index in [9.17, 15) is 9.59 Å². The van der Waals surface area contributed by atoms with E-state index in [2.05, 4.69) is 9.97 Å². The minimum Gasteiger partial charge on any atom is -0.368 e. The molecular formula is C18H20N4O2. The Morgan fingerprint density at radius 2 is 1.92 bits per heavy atom. The lowest BCUT2D eigenvalue weighted by molar-refractivity contribution is -0.133. The Labute approximate surface area is 140 Å². The van der Waals surface area contributed by atoms with Gasteiger partial charge in [0.05, 0.1) is 29.5 Å². The third-order valence-electron chi connectivity index (χ3n) is 4.24. The molecule has 3 rings (SSSR count). The molecule has 1 saturated carbocycles. The largest absolute Gasteiger partial charge is 0.368 e. The average molecular weight is 324 g/mol. The van der Waals surface area contributed by atoms with Crippen molar-refractivity contribution >= 4 is 28.9 Å². The van der Waals surface area contributed by atoms with Gasteiger partial charge in [0.1, 0.15) is 0 Å². The van der Waals surface area contributed by atoms with Crippen LogP contribution in [0.25, 0.3) is 17.1 Å². The molecule has 0 atom stereocenters. The maximum Gasteiger partial charge on any atom is 0.247 e. The number of amides is 2. The highest BCUT2D eigenvalue weighted by Gasteiger charge is 2.26. The number of fused-ring (bicyclic) bond motifs is 1. The van der Waals surface area contributed by atoms with Gasteiger partial charge in [0.15, 0.2) is 0 Å². The molecule has 0 spiro atoms. The third kappa shape index (κ3) is 3.76. The topological polar surface area (TPSA) is 89.2 Å². The summed E-state index contributed by atoms with van der Waals surface area (Å²) < 4.78 is 0. The van der Waals surface area contributed by atoms with E-state index in [4.69, 9.17) is 5.73 Å². The summed E-state index contributed by atoms with van der Waals surface area (Å²) in [5.41, 5.74) is 7.48. The maximum absolute atomic E-state index is 12.5. The van der Waals surface area contributed by atoms with Crippen LogP contribution in [0.5, 0.6) is 0 Å². The number of para-hydroxylation sites is 2. The van der Waals surface area contributed by atoms with Crippen molar-refractivity contribution in [2.24, 2.45) is 5.73 Å². The van der Waals surface area contributed by atoms with Crippen LogP contribution in [0.1, 0.15) is 31.4 Å². The molecular weight excluding hydrogens is 304 g/mol. The number of hydrogen-bond donors (Lipinski definition) is 1. The molecule has 1 aromatic carbocycles. The molecule has 2 N–H and O–H groups in total. The third-order valence-corrected chi connectivity index (χ3v) is 4.24. The van der Waals surface area contributed by atoms with Gasteiger partial charge >= 0.3 is 0 Å². The van der Waals surface area contributed by atoms with E-state index < -0.39 is 5.91 Å². The normalized spacial score (nSPS) is 15.2. The summed E-state index contributed by atoms with van der Waals surface area (Å²) >= 11 is 0. The quantitative estimate of drug-likeness (QED) is 0.851. The number of carbonyl (C=O) groups excluding carboxylic acids is 2. The summed E-state index contributed by atoms with van der Waals surface area (Å²) in [5, 5.41) is 0. The minimum absolute atomic E-state index is 0.0444. The number of carbonyl (C=O) groups is 2. The zero-order chi connectivity index (χ0) is 16.9. The van der Waals surface area contributed by atoms with Gasteiger partial charge in [-0.1, -0.05) is 25.0 Å². The molecule has 2 amide bonds. The van der Waals surface area contributed by atoms with Crippen LogP contribution in [0, 0.1) is 0 Å². The van der Waals surface area contributed by atoms with E-state index in [0.29, 0.717) is 5.69 Å². The van der Waals surface area contributed by atoms with Gasteiger partial charge < -0.3 is 10.6 Å². The van der Waals surface area contributed by atoms with Crippen LogP contribution in [0.2, 0.25) is 0 Å². The highest BCUT2D eigenvalue weighted by atomic mass is 16.2. The lowest BCUT2D eigenvalue weighted by Gasteiger charge is -2.26. The molecule has 6 nitrogen and oxygen atoms in total. The van der Waals surface area contributed by atoms with Crippen LogP contribution in [-0.4, -0.2) is 39.3 Å². The number of rotatable bonds is 5. The molecule has 0 radical (unpaired) electrons. The SMILES string of the molecule is NC(=O)CN(C(=O)C=Cc1cnc2ccccc2n1)C1CCCC1. The Balaban J connectivity index is 1.76. The van der Waals surface area contributed by atoms with Gasteiger partial charge in [0, 0.05) is 12.1 Å². The fourth-order valence-corrected chi connectivity index (χ4v) is 3.08. The van der Waals surface area contributed by atoms with E-state index in [1.165, 1.54) is 6.08 Å². The van der Waals surface area contributed by atoms with Gasteiger partial charge in [-0.25, -0.2) is 4.98 Å². The highest BCUT2D eigenvalue weighted by molar-refractivity contribution is 5.94. The molecule has 0 unspecified atom stereocenters. The molecule has 1 heterocycles. The number of primary amides is 1. The summed E-state index contributed by atoms with van der Waals surface area (Å²) in [5.74, 6) is -0.704. The van der Waals surface area contributed by atoms with Crippen molar-refractivity contribution in [3.8, 4) is 0 Å². The molecule has 0 saturated heterocycles. The highest BCUT2D eigenvalue weighted by Crippen LogP contribution is 2.23. The number of nitrogens with two attached hydrogens (primary N) is 1. The fourth-order valence-electron chi connectivity index (χ4n) is 3.08. The van der Waals surface area contributed by atoms with E-state index >= 15 is 0 Å². The number of benzene rings is 1. The first kappa shape index (κ1) is 16.1. The predicted molar refractivity (Wildman–Crippen MR) is 91.7 cm³/mol. The van der Waals surface area contributed by atoms with Gasteiger partial charge in [-0.2, -0.15) is 0 Å². The van der Waals surface area contributed by atoms with Crippen LogP contribution in [0.15, 0.2) is 36.5 Å². The van der Waals surface area contributed by atoms with Gasteiger partial charge in [0.2, 0.25) is 11.8 Å². The van der Waals surface area contributed by atoms with E-state index in [0.717, 1.165) is 36.7 Å². The van der Waals surface area contributed by atoms with Crippen molar-refractivity contribution < 1.29 is 9.59 Å². The smallest absolute Gasteiger partial charge is 0.247 e. The van der Waals surface area contributed by atoms with Gasteiger partial charge in [-0.05, 0) is 31.1 Å². The van der Waals surface area contributed by atoms with E-state index in [1.54, 1.807) is 17.2 Å². The monoisotopic (exact) mass is 324 g/mol. The van der Waals surface area contributed by atoms with Crippen molar-refractivity contribution in [1.29, 1.82) is 0 Å². The maximum atomic E-state index is 12.5. The van der Waals surface area contributed by atoms with Crippen molar-refractivity contribution in [2.75, 3.05) is 6.54 Å². The molecule has 0 aliphatic heterocycles. The summed E-state index contributed by atoms with van der Waals surface area (Å²) in [4.78, 5) is 34.1. The second-order valence-electron chi connectivity index (χ2n) is 5.99. The Morgan fingerprint density at radius 3 is 2.62 bits per heavy atom. The summed E-state index contributed by atoms with van der Waals surface area (Å²) in [6.45, 7) is -0.0444. The van der Waals surface area contributed by atoms with E-state index in [1.807, 2.05) is 24.3 Å². The molecule has 124 valence electrons. The fraction of sp³-hybridized carbons (Fsp3) is 0.333. The number of aromatic nitrogens is 2. The Hall–Kier alpha value is -2.76. The van der Waals surface area contributed by atoms with Crippen molar-refractivity contribution in [3.63, 3.8) is 0 Å². The number of hydrogen-bond acceptors (Lipinski definition) is 4. The molecule has 24 heavy (non-hydrogen) atoms. The minimum atomic E-state index is -0.492. The standard InChI is InChI=1S/C18H20N4O2/c19-17(23)12-22(14-5-1-2-6-14)18(24)10-9-13-11-20-15-7-3-4-8-16(15)21-13/h3-4,7-11,14H,1-2,5-6,12H2,(H2,19,23). The molecule has 1 aromatic heterocycles. The first-order valence-corrected chi connectivity index (χ1v) is 8.12. The molecule has 1 fully saturated rings. The Morgan fingerprint density at radius 1 is 1.21 bits per heavy atom. The molecule has 2 aromatic rings. The van der Waals surface area contributed by atoms with Crippen molar-refractivity contribution in [3.05, 3.63) is 42.2 Å². The number of nitrogens with zero attached hydrogens (tertiary/aromatic N) is 3. The molecule has 0 bridgehead atoms. The summed E-state index contributed by atoms with van der Waals surface area (Å²) in [6, 6.07) is 7.65. The second kappa shape index (κ2) is 7.21. The molecule has 1 aliphatic carbocycles. The van der Waals surface area contributed by atoms with Crippen LogP contribution < -0.4 is 5.73 Å². The first-order valence-electron chi connectivity index (χ1n) is 8.12.